The molecule has 0 bridgehead atoms. The van der Waals surface area contributed by atoms with Crippen molar-refractivity contribution in [2.75, 3.05) is 6.54 Å². The van der Waals surface area contributed by atoms with Crippen molar-refractivity contribution in [3.63, 3.8) is 0 Å². The van der Waals surface area contributed by atoms with Crippen LogP contribution in [0.2, 0.25) is 5.02 Å². The number of hydrogen-bond acceptors (Lipinski definition) is 2. The van der Waals surface area contributed by atoms with E-state index in [0.29, 0.717) is 15.1 Å². The molecule has 2 aromatic rings. The van der Waals surface area contributed by atoms with Crippen LogP contribution in [0.25, 0.3) is 0 Å². The standard InChI is InChI=1S/C16H14BrClFNO2/c1-16(22,11-2-4-13(18)5-3-11)9-20-15(21)10-6-12(17)8-14(19)7-10/h2-8,22H,9H2,1H3,(H,20,21). The maximum Gasteiger partial charge on any atom is 0.251 e. The molecule has 2 rings (SSSR count). The molecule has 0 aromatic heterocycles. The third-order valence-electron chi connectivity index (χ3n) is 3.18. The van der Waals surface area contributed by atoms with Gasteiger partial charge >= 0.3 is 0 Å². The summed E-state index contributed by atoms with van der Waals surface area (Å²) in [5.41, 5.74) is -0.457. The second kappa shape index (κ2) is 6.77. The SMILES string of the molecule is CC(O)(CNC(=O)c1cc(F)cc(Br)c1)c1ccc(Cl)cc1. The number of hydrogen-bond donors (Lipinski definition) is 2. The Morgan fingerprint density at radius 3 is 2.55 bits per heavy atom. The highest BCUT2D eigenvalue weighted by molar-refractivity contribution is 9.10. The van der Waals surface area contributed by atoms with Gasteiger partial charge in [0.25, 0.3) is 5.91 Å². The maximum atomic E-state index is 13.3. The van der Waals surface area contributed by atoms with E-state index in [2.05, 4.69) is 21.2 Å². The number of nitrogens with one attached hydrogen (secondary N) is 1. The van der Waals surface area contributed by atoms with Gasteiger partial charge in [-0.25, -0.2) is 4.39 Å². The Balaban J connectivity index is 2.07. The Morgan fingerprint density at radius 1 is 1.32 bits per heavy atom. The predicted molar refractivity (Wildman–Crippen MR) is 87.5 cm³/mol. The van der Waals surface area contributed by atoms with Crippen molar-refractivity contribution in [1.82, 2.24) is 5.32 Å². The number of benzene rings is 2. The summed E-state index contributed by atoms with van der Waals surface area (Å²) in [6.45, 7) is 1.57. The predicted octanol–water partition coefficient (Wildman–Crippen LogP) is 3.88. The lowest BCUT2D eigenvalue weighted by molar-refractivity contribution is 0.0526. The molecule has 0 radical (unpaired) electrons. The van der Waals surface area contributed by atoms with Crippen LogP contribution in [0.15, 0.2) is 46.9 Å². The zero-order valence-corrected chi connectivity index (χ0v) is 14.1. The van der Waals surface area contributed by atoms with E-state index in [9.17, 15) is 14.3 Å². The second-order valence-electron chi connectivity index (χ2n) is 5.12. The number of carbonyl (C=O) groups excluding carboxylic acids is 1. The van der Waals surface area contributed by atoms with Gasteiger partial charge in [0, 0.05) is 15.1 Å². The zero-order chi connectivity index (χ0) is 16.3. The molecule has 1 atom stereocenters. The molecule has 2 N–H and O–H groups in total. The smallest absolute Gasteiger partial charge is 0.251 e. The van der Waals surface area contributed by atoms with E-state index >= 15 is 0 Å². The molecule has 6 heteroatoms. The molecule has 22 heavy (non-hydrogen) atoms. The van der Waals surface area contributed by atoms with Gasteiger partial charge in [0.1, 0.15) is 11.4 Å². The van der Waals surface area contributed by atoms with E-state index in [1.807, 2.05) is 0 Å². The first-order chi connectivity index (χ1) is 10.3. The van der Waals surface area contributed by atoms with Crippen molar-refractivity contribution in [3.8, 4) is 0 Å². The minimum Gasteiger partial charge on any atom is -0.384 e. The first-order valence-corrected chi connectivity index (χ1v) is 7.68. The Labute approximate surface area is 141 Å². The Kier molecular flexibility index (Phi) is 5.21. The minimum atomic E-state index is -1.26. The highest BCUT2D eigenvalue weighted by Crippen LogP contribution is 2.22. The van der Waals surface area contributed by atoms with Gasteiger partial charge in [0.2, 0.25) is 0 Å². The molecular weight excluding hydrogens is 373 g/mol. The monoisotopic (exact) mass is 385 g/mol. The number of amides is 1. The van der Waals surface area contributed by atoms with E-state index < -0.39 is 17.3 Å². The molecule has 1 unspecified atom stereocenters. The Hall–Kier alpha value is -1.43. The fourth-order valence-corrected chi connectivity index (χ4v) is 2.54. The van der Waals surface area contributed by atoms with Gasteiger partial charge in [-0.15, -0.1) is 0 Å². The van der Waals surface area contributed by atoms with Crippen LogP contribution in [-0.2, 0) is 5.60 Å². The molecule has 0 saturated heterocycles. The summed E-state index contributed by atoms with van der Waals surface area (Å²) in [6.07, 6.45) is 0. The van der Waals surface area contributed by atoms with E-state index in [-0.39, 0.29) is 12.1 Å². The molecule has 2 aromatic carbocycles. The molecule has 0 saturated carbocycles. The van der Waals surface area contributed by atoms with E-state index in [1.54, 1.807) is 31.2 Å². The normalized spacial score (nSPS) is 13.5. The highest BCUT2D eigenvalue weighted by Gasteiger charge is 2.24. The summed E-state index contributed by atoms with van der Waals surface area (Å²) < 4.78 is 13.8. The van der Waals surface area contributed by atoms with Crippen LogP contribution >= 0.6 is 27.5 Å². The molecule has 3 nitrogen and oxygen atoms in total. The molecule has 0 aliphatic heterocycles. The van der Waals surface area contributed by atoms with Crippen LogP contribution in [0.5, 0.6) is 0 Å². The van der Waals surface area contributed by atoms with Gasteiger partial charge in [-0.1, -0.05) is 39.7 Å². The molecule has 116 valence electrons. The van der Waals surface area contributed by atoms with Crippen LogP contribution in [0.1, 0.15) is 22.8 Å². The summed E-state index contributed by atoms with van der Waals surface area (Å²) in [7, 11) is 0. The number of rotatable bonds is 4. The molecule has 0 fully saturated rings. The van der Waals surface area contributed by atoms with Crippen molar-refractivity contribution in [1.29, 1.82) is 0 Å². The van der Waals surface area contributed by atoms with Gasteiger partial charge in [0.05, 0.1) is 6.54 Å². The van der Waals surface area contributed by atoms with Crippen molar-refractivity contribution < 1.29 is 14.3 Å². The minimum absolute atomic E-state index is 0.0123. The van der Waals surface area contributed by atoms with Gasteiger partial charge in [0.15, 0.2) is 0 Å². The quantitative estimate of drug-likeness (QED) is 0.838. The maximum absolute atomic E-state index is 13.3. The van der Waals surface area contributed by atoms with Crippen LogP contribution in [0.3, 0.4) is 0 Å². The first-order valence-electron chi connectivity index (χ1n) is 6.51. The Morgan fingerprint density at radius 2 is 1.95 bits per heavy atom. The lowest BCUT2D eigenvalue weighted by Gasteiger charge is -2.24. The van der Waals surface area contributed by atoms with Crippen molar-refractivity contribution in [2.45, 2.75) is 12.5 Å². The largest absolute Gasteiger partial charge is 0.384 e. The lowest BCUT2D eigenvalue weighted by Crippen LogP contribution is -2.38. The van der Waals surface area contributed by atoms with Crippen LogP contribution in [-0.4, -0.2) is 17.6 Å². The summed E-state index contributed by atoms with van der Waals surface area (Å²) in [4.78, 5) is 12.1. The van der Waals surface area contributed by atoms with Crippen LogP contribution in [0, 0.1) is 5.82 Å². The molecule has 1 amide bonds. The third-order valence-corrected chi connectivity index (χ3v) is 3.89. The summed E-state index contributed by atoms with van der Waals surface area (Å²) in [5.74, 6) is -0.974. The fraction of sp³-hybridized carbons (Fsp3) is 0.188. The first kappa shape index (κ1) is 16.9. The average molecular weight is 387 g/mol. The lowest BCUT2D eigenvalue weighted by atomic mass is 9.96. The zero-order valence-electron chi connectivity index (χ0n) is 11.7. The summed E-state index contributed by atoms with van der Waals surface area (Å²) >= 11 is 8.94. The number of halogens is 3. The molecule has 0 aliphatic rings. The van der Waals surface area contributed by atoms with Gasteiger partial charge in [-0.3, -0.25) is 4.79 Å². The molecule has 0 heterocycles. The van der Waals surface area contributed by atoms with E-state index in [4.69, 9.17) is 11.6 Å². The van der Waals surface area contributed by atoms with Crippen molar-refractivity contribution in [2.24, 2.45) is 0 Å². The van der Waals surface area contributed by atoms with Crippen LogP contribution in [0.4, 0.5) is 4.39 Å². The van der Waals surface area contributed by atoms with E-state index in [1.165, 1.54) is 12.1 Å². The van der Waals surface area contributed by atoms with Crippen molar-refractivity contribution >= 4 is 33.4 Å². The summed E-state index contributed by atoms with van der Waals surface area (Å²) in [5, 5.41) is 13.6. The fourth-order valence-electron chi connectivity index (χ4n) is 1.95. The summed E-state index contributed by atoms with van der Waals surface area (Å²) in [6, 6.07) is 10.6. The third kappa shape index (κ3) is 4.29. The van der Waals surface area contributed by atoms with E-state index in [0.717, 1.165) is 6.07 Å². The molecule has 0 spiro atoms. The second-order valence-corrected chi connectivity index (χ2v) is 6.47. The highest BCUT2D eigenvalue weighted by atomic mass is 79.9. The van der Waals surface area contributed by atoms with Gasteiger partial charge in [-0.05, 0) is 42.8 Å². The number of aliphatic hydroxyl groups is 1. The Bertz CT molecular complexity index is 669. The van der Waals surface area contributed by atoms with Gasteiger partial charge in [-0.2, -0.15) is 0 Å². The molecular formula is C16H14BrClFNO2. The molecule has 0 aliphatic carbocycles. The van der Waals surface area contributed by atoms with Gasteiger partial charge < -0.3 is 10.4 Å². The van der Waals surface area contributed by atoms with Crippen molar-refractivity contribution in [3.05, 3.63) is 68.9 Å². The topological polar surface area (TPSA) is 49.3 Å². The number of carbonyl (C=O) groups is 1. The average Bonchev–Trinajstić information content (AvgIpc) is 2.44. The van der Waals surface area contributed by atoms with Crippen LogP contribution < -0.4 is 5.32 Å².